The van der Waals surface area contributed by atoms with E-state index in [0.717, 1.165) is 9.78 Å². The first-order valence-electron chi connectivity index (χ1n) is 7.86. The number of carbonyl (C=O) groups is 2. The Morgan fingerprint density at radius 2 is 2.04 bits per heavy atom. The number of hydrogen-bond donors (Lipinski definition) is 2. The van der Waals surface area contributed by atoms with Gasteiger partial charge in [-0.15, -0.1) is 17.9 Å². The molecule has 1 atom stereocenters. The Kier molecular flexibility index (Phi) is 7.93. The van der Waals surface area contributed by atoms with Crippen LogP contribution in [-0.2, 0) is 16.1 Å². The van der Waals surface area contributed by atoms with Gasteiger partial charge in [-0.25, -0.2) is 0 Å². The number of rotatable bonds is 8. The monoisotopic (exact) mass is 372 g/mol. The first kappa shape index (κ1) is 20.7. The molecule has 0 aliphatic heterocycles. The first-order valence-corrected chi connectivity index (χ1v) is 9.05. The number of likely N-dealkylation sites (N-methyl/N-ethyl adjacent to an activating group) is 1. The molecule has 5 nitrogen and oxygen atoms in total. The van der Waals surface area contributed by atoms with Crippen molar-refractivity contribution in [2.45, 2.75) is 32.9 Å². The highest BCUT2D eigenvalue weighted by molar-refractivity contribution is 7.16. The number of quaternary nitrogens is 1. The number of amides is 2. The van der Waals surface area contributed by atoms with Gasteiger partial charge in [-0.2, -0.15) is 0 Å². The molecule has 0 bridgehead atoms. The average molecular weight is 373 g/mol. The molecule has 0 fully saturated rings. The second-order valence-electron chi connectivity index (χ2n) is 6.88. The van der Waals surface area contributed by atoms with Crippen LogP contribution < -0.4 is 10.2 Å². The van der Waals surface area contributed by atoms with E-state index in [-0.39, 0.29) is 30.4 Å². The molecule has 1 rings (SSSR count). The largest absolute Gasteiger partial charge is 0.347 e. The van der Waals surface area contributed by atoms with E-state index in [0.29, 0.717) is 17.4 Å². The van der Waals surface area contributed by atoms with E-state index in [1.165, 1.54) is 11.3 Å². The summed E-state index contributed by atoms with van der Waals surface area (Å²) >= 11 is 7.40. The zero-order chi connectivity index (χ0) is 18.3. The minimum atomic E-state index is -0.269. The van der Waals surface area contributed by atoms with E-state index >= 15 is 0 Å². The third-order valence-corrected chi connectivity index (χ3v) is 4.32. The van der Waals surface area contributed by atoms with Crippen molar-refractivity contribution in [2.24, 2.45) is 0 Å². The third kappa shape index (κ3) is 7.95. The summed E-state index contributed by atoms with van der Waals surface area (Å²) in [4.78, 5) is 28.1. The molecule has 0 spiro atoms. The fourth-order valence-corrected chi connectivity index (χ4v) is 3.31. The standard InChI is InChI=1S/C17H26ClN3O2S/c1-6-9-21(10-13-7-8-14(18)24-13)16(23)12-20(5)11-15(22)19-17(2,3)4/h6-8H,1,9-12H2,2-5H3,(H,19,22)/p+1. The predicted octanol–water partition coefficient (Wildman–Crippen LogP) is 1.35. The van der Waals surface area contributed by atoms with Gasteiger partial charge < -0.3 is 15.1 Å². The molecule has 0 saturated heterocycles. The summed E-state index contributed by atoms with van der Waals surface area (Å²) < 4.78 is 0.706. The molecule has 0 aromatic carbocycles. The molecule has 2 N–H and O–H groups in total. The van der Waals surface area contributed by atoms with Gasteiger partial charge in [-0.1, -0.05) is 17.7 Å². The van der Waals surface area contributed by atoms with Gasteiger partial charge in [0.15, 0.2) is 13.1 Å². The van der Waals surface area contributed by atoms with E-state index in [2.05, 4.69) is 11.9 Å². The van der Waals surface area contributed by atoms with Gasteiger partial charge in [0.25, 0.3) is 11.8 Å². The highest BCUT2D eigenvalue weighted by atomic mass is 35.5. The molecule has 1 aromatic rings. The van der Waals surface area contributed by atoms with Crippen LogP contribution in [0.5, 0.6) is 0 Å². The highest BCUT2D eigenvalue weighted by Crippen LogP contribution is 2.22. The summed E-state index contributed by atoms with van der Waals surface area (Å²) in [6, 6.07) is 3.75. The lowest BCUT2D eigenvalue weighted by Crippen LogP contribution is -3.11. The van der Waals surface area contributed by atoms with Crippen LogP contribution in [0.25, 0.3) is 0 Å². The molecule has 1 heterocycles. The van der Waals surface area contributed by atoms with Gasteiger partial charge in [0, 0.05) is 17.0 Å². The molecule has 24 heavy (non-hydrogen) atoms. The highest BCUT2D eigenvalue weighted by Gasteiger charge is 2.21. The Labute approximate surface area is 153 Å². The van der Waals surface area contributed by atoms with Crippen LogP contribution in [0.3, 0.4) is 0 Å². The molecular formula is C17H27ClN3O2S+. The van der Waals surface area contributed by atoms with Crippen LogP contribution in [0.15, 0.2) is 24.8 Å². The minimum Gasteiger partial charge on any atom is -0.347 e. The summed E-state index contributed by atoms with van der Waals surface area (Å²) in [7, 11) is 1.84. The Morgan fingerprint density at radius 3 is 2.54 bits per heavy atom. The third-order valence-electron chi connectivity index (χ3n) is 3.11. The summed E-state index contributed by atoms with van der Waals surface area (Å²) in [6.45, 7) is 11.0. The molecular weight excluding hydrogens is 346 g/mol. The van der Waals surface area contributed by atoms with Crippen molar-refractivity contribution in [3.05, 3.63) is 34.0 Å². The lowest BCUT2D eigenvalue weighted by molar-refractivity contribution is -0.863. The van der Waals surface area contributed by atoms with Crippen molar-refractivity contribution in [1.82, 2.24) is 10.2 Å². The fourth-order valence-electron chi connectivity index (χ4n) is 2.20. The zero-order valence-electron chi connectivity index (χ0n) is 14.8. The van der Waals surface area contributed by atoms with Gasteiger partial charge in [-0.05, 0) is 32.9 Å². The SMILES string of the molecule is C=CCN(Cc1ccc(Cl)s1)C(=O)C[NH+](C)CC(=O)NC(C)(C)C. The Bertz CT molecular complexity index is 581. The van der Waals surface area contributed by atoms with Gasteiger partial charge in [-0.3, -0.25) is 9.59 Å². The Hall–Kier alpha value is -1.37. The number of halogens is 1. The van der Waals surface area contributed by atoms with Crippen LogP contribution in [0.1, 0.15) is 25.6 Å². The van der Waals surface area contributed by atoms with Gasteiger partial charge in [0.1, 0.15) is 0 Å². The second-order valence-corrected chi connectivity index (χ2v) is 8.68. The quantitative estimate of drug-likeness (QED) is 0.677. The Balaban J connectivity index is 2.57. The smallest absolute Gasteiger partial charge is 0.278 e. The lowest BCUT2D eigenvalue weighted by Gasteiger charge is -2.24. The number of nitrogens with one attached hydrogen (secondary N) is 2. The molecule has 0 aliphatic carbocycles. The second kappa shape index (κ2) is 9.20. The van der Waals surface area contributed by atoms with Crippen molar-refractivity contribution in [3.8, 4) is 0 Å². The van der Waals surface area contributed by atoms with Crippen molar-refractivity contribution in [2.75, 3.05) is 26.7 Å². The zero-order valence-corrected chi connectivity index (χ0v) is 16.4. The molecule has 1 aromatic heterocycles. The Morgan fingerprint density at radius 1 is 1.38 bits per heavy atom. The van der Waals surface area contributed by atoms with Crippen LogP contribution >= 0.6 is 22.9 Å². The molecule has 1 unspecified atom stereocenters. The summed E-state index contributed by atoms with van der Waals surface area (Å²) in [5, 5.41) is 2.91. The van der Waals surface area contributed by atoms with Crippen LogP contribution in [-0.4, -0.2) is 48.9 Å². The first-order chi connectivity index (χ1) is 11.1. The van der Waals surface area contributed by atoms with Crippen LogP contribution in [0.2, 0.25) is 4.34 Å². The molecule has 2 amide bonds. The maximum atomic E-state index is 12.5. The normalized spacial score (nSPS) is 12.5. The topological polar surface area (TPSA) is 53.9 Å². The van der Waals surface area contributed by atoms with Crippen molar-refractivity contribution >= 4 is 34.8 Å². The molecule has 0 saturated carbocycles. The van der Waals surface area contributed by atoms with Gasteiger partial charge >= 0.3 is 0 Å². The minimum absolute atomic E-state index is 0.0134. The van der Waals surface area contributed by atoms with Gasteiger partial charge in [0.2, 0.25) is 0 Å². The van der Waals surface area contributed by atoms with E-state index in [9.17, 15) is 9.59 Å². The van der Waals surface area contributed by atoms with Crippen LogP contribution in [0.4, 0.5) is 0 Å². The molecule has 134 valence electrons. The summed E-state index contributed by atoms with van der Waals surface area (Å²) in [5.74, 6) is -0.0754. The van der Waals surface area contributed by atoms with E-state index in [1.54, 1.807) is 11.0 Å². The van der Waals surface area contributed by atoms with Crippen molar-refractivity contribution in [1.29, 1.82) is 0 Å². The van der Waals surface area contributed by atoms with Crippen molar-refractivity contribution in [3.63, 3.8) is 0 Å². The number of thiophene rings is 1. The maximum absolute atomic E-state index is 12.5. The fraction of sp³-hybridized carbons (Fsp3) is 0.529. The average Bonchev–Trinajstić information content (AvgIpc) is 2.81. The van der Waals surface area contributed by atoms with Gasteiger partial charge in [0.05, 0.1) is 17.9 Å². The molecule has 0 aliphatic rings. The summed E-state index contributed by atoms with van der Waals surface area (Å²) in [6.07, 6.45) is 1.70. The summed E-state index contributed by atoms with van der Waals surface area (Å²) in [5.41, 5.74) is -0.269. The maximum Gasteiger partial charge on any atom is 0.278 e. The van der Waals surface area contributed by atoms with E-state index in [1.807, 2.05) is 40.0 Å². The number of nitrogens with zero attached hydrogens (tertiary/aromatic N) is 1. The van der Waals surface area contributed by atoms with Crippen molar-refractivity contribution < 1.29 is 14.5 Å². The lowest BCUT2D eigenvalue weighted by atomic mass is 10.1. The predicted molar refractivity (Wildman–Crippen MR) is 99.5 cm³/mol. The van der Waals surface area contributed by atoms with E-state index in [4.69, 9.17) is 11.6 Å². The number of hydrogen-bond acceptors (Lipinski definition) is 3. The van der Waals surface area contributed by atoms with E-state index < -0.39 is 0 Å². The van der Waals surface area contributed by atoms with Crippen LogP contribution in [0, 0.1) is 0 Å². The molecule has 7 heteroatoms. The number of carbonyl (C=O) groups excluding carboxylic acids is 2. The molecule has 0 radical (unpaired) electrons.